The molecule has 1 aromatic heterocycles. The molecule has 0 unspecified atom stereocenters. The number of hydrogen-bond donors (Lipinski definition) is 1. The van der Waals surface area contributed by atoms with Crippen LogP contribution in [-0.4, -0.2) is 45.6 Å². The molecule has 1 spiro atoms. The number of fused-ring (bicyclic) bond motifs is 2. The Labute approximate surface area is 166 Å². The van der Waals surface area contributed by atoms with E-state index in [4.69, 9.17) is 9.72 Å². The molecule has 28 heavy (non-hydrogen) atoms. The first kappa shape index (κ1) is 19.2. The molecular weight excluding hydrogens is 356 g/mol. The number of piperidine rings is 1. The number of amides is 2. The predicted octanol–water partition coefficient (Wildman–Crippen LogP) is 3.75. The SMILES string of the molecule is CC(C)(C)OC(=O)N1CCC(c2ncc3c(n2)NC(=O)C32CCCCC2)CC1. The summed E-state index contributed by atoms with van der Waals surface area (Å²) in [6.45, 7) is 6.91. The number of aromatic nitrogens is 2. The minimum Gasteiger partial charge on any atom is -0.444 e. The summed E-state index contributed by atoms with van der Waals surface area (Å²) in [5.41, 5.74) is 0.0865. The highest BCUT2D eigenvalue weighted by Crippen LogP contribution is 2.46. The molecule has 0 radical (unpaired) electrons. The quantitative estimate of drug-likeness (QED) is 0.795. The zero-order valence-electron chi connectivity index (χ0n) is 17.1. The van der Waals surface area contributed by atoms with E-state index in [1.165, 1.54) is 6.42 Å². The topological polar surface area (TPSA) is 84.4 Å². The van der Waals surface area contributed by atoms with Gasteiger partial charge in [0.1, 0.15) is 17.2 Å². The highest BCUT2D eigenvalue weighted by Gasteiger charge is 2.48. The first-order chi connectivity index (χ1) is 13.3. The Morgan fingerprint density at radius 3 is 2.54 bits per heavy atom. The molecule has 1 aliphatic carbocycles. The molecular formula is C21H30N4O3. The van der Waals surface area contributed by atoms with Gasteiger partial charge in [0, 0.05) is 30.8 Å². The van der Waals surface area contributed by atoms with E-state index in [1.807, 2.05) is 27.0 Å². The van der Waals surface area contributed by atoms with Crippen molar-refractivity contribution in [2.24, 2.45) is 0 Å². The molecule has 1 aromatic rings. The minimum atomic E-state index is -0.482. The lowest BCUT2D eigenvalue weighted by Crippen LogP contribution is -2.41. The third kappa shape index (κ3) is 3.47. The lowest BCUT2D eigenvalue weighted by atomic mass is 9.71. The molecule has 1 saturated carbocycles. The van der Waals surface area contributed by atoms with Crippen LogP contribution in [0.15, 0.2) is 6.20 Å². The van der Waals surface area contributed by atoms with Gasteiger partial charge >= 0.3 is 6.09 Å². The van der Waals surface area contributed by atoms with Gasteiger partial charge in [0.15, 0.2) is 0 Å². The first-order valence-corrected chi connectivity index (χ1v) is 10.5. The van der Waals surface area contributed by atoms with Crippen LogP contribution in [0, 0.1) is 0 Å². The third-order valence-electron chi connectivity index (χ3n) is 6.21. The number of rotatable bonds is 1. The van der Waals surface area contributed by atoms with Crippen LogP contribution >= 0.6 is 0 Å². The van der Waals surface area contributed by atoms with Crippen molar-refractivity contribution in [1.29, 1.82) is 0 Å². The van der Waals surface area contributed by atoms with Gasteiger partial charge in [0.2, 0.25) is 5.91 Å². The van der Waals surface area contributed by atoms with Gasteiger partial charge in [-0.2, -0.15) is 0 Å². The zero-order valence-corrected chi connectivity index (χ0v) is 17.1. The maximum absolute atomic E-state index is 12.7. The molecule has 3 aliphatic rings. The molecule has 1 saturated heterocycles. The normalized spacial score (nSPS) is 22.1. The van der Waals surface area contributed by atoms with Gasteiger partial charge in [-0.25, -0.2) is 14.8 Å². The second-order valence-electron chi connectivity index (χ2n) is 9.33. The number of hydrogen-bond acceptors (Lipinski definition) is 5. The van der Waals surface area contributed by atoms with Gasteiger partial charge in [-0.15, -0.1) is 0 Å². The lowest BCUT2D eigenvalue weighted by molar-refractivity contribution is -0.121. The lowest BCUT2D eigenvalue weighted by Gasteiger charge is -2.33. The van der Waals surface area contributed by atoms with Crippen molar-refractivity contribution in [3.8, 4) is 0 Å². The van der Waals surface area contributed by atoms with Gasteiger partial charge < -0.3 is 15.0 Å². The number of carbonyl (C=O) groups is 2. The van der Waals surface area contributed by atoms with Crippen molar-refractivity contribution < 1.29 is 14.3 Å². The summed E-state index contributed by atoms with van der Waals surface area (Å²) in [6, 6.07) is 0. The average molecular weight is 386 g/mol. The van der Waals surface area contributed by atoms with E-state index in [0.717, 1.165) is 49.9 Å². The molecule has 2 aliphatic heterocycles. The van der Waals surface area contributed by atoms with Gasteiger partial charge in [-0.05, 0) is 46.5 Å². The Kier molecular flexibility index (Phi) is 4.79. The average Bonchev–Trinajstić information content (AvgIpc) is 2.92. The Balaban J connectivity index is 1.44. The van der Waals surface area contributed by atoms with E-state index in [0.29, 0.717) is 18.9 Å². The standard InChI is InChI=1S/C21H30N4O3/c1-20(2,3)28-19(27)25-11-7-14(8-12-25)16-22-13-15-17(23-16)24-18(26)21(15)9-5-4-6-10-21/h13-14H,4-12H2,1-3H3,(H,22,23,24,26). The van der Waals surface area contributed by atoms with E-state index in [-0.39, 0.29) is 17.9 Å². The van der Waals surface area contributed by atoms with Gasteiger partial charge in [0.25, 0.3) is 0 Å². The van der Waals surface area contributed by atoms with Crippen molar-refractivity contribution in [2.45, 2.75) is 82.7 Å². The molecule has 4 rings (SSSR count). The van der Waals surface area contributed by atoms with E-state index < -0.39 is 11.0 Å². The van der Waals surface area contributed by atoms with Gasteiger partial charge in [-0.1, -0.05) is 19.3 Å². The summed E-state index contributed by atoms with van der Waals surface area (Å²) in [5, 5.41) is 3.02. The second-order valence-corrected chi connectivity index (χ2v) is 9.33. The zero-order chi connectivity index (χ0) is 19.9. The third-order valence-corrected chi connectivity index (χ3v) is 6.21. The number of carbonyl (C=O) groups excluding carboxylic acids is 2. The highest BCUT2D eigenvalue weighted by molar-refractivity contribution is 6.05. The van der Waals surface area contributed by atoms with Crippen molar-refractivity contribution in [3.63, 3.8) is 0 Å². The summed E-state index contributed by atoms with van der Waals surface area (Å²) in [4.78, 5) is 36.1. The molecule has 2 fully saturated rings. The molecule has 0 atom stereocenters. The number of anilines is 1. The van der Waals surface area contributed by atoms with Crippen molar-refractivity contribution in [3.05, 3.63) is 17.6 Å². The molecule has 0 bridgehead atoms. The number of nitrogens with one attached hydrogen (secondary N) is 1. The second kappa shape index (κ2) is 7.01. The maximum atomic E-state index is 12.7. The number of ether oxygens (including phenoxy) is 1. The molecule has 2 amide bonds. The fraction of sp³-hybridized carbons (Fsp3) is 0.714. The predicted molar refractivity (Wildman–Crippen MR) is 105 cm³/mol. The van der Waals surface area contributed by atoms with Crippen LogP contribution in [0.25, 0.3) is 0 Å². The summed E-state index contributed by atoms with van der Waals surface area (Å²) >= 11 is 0. The van der Waals surface area contributed by atoms with E-state index in [1.54, 1.807) is 4.90 Å². The van der Waals surface area contributed by atoms with Crippen molar-refractivity contribution >= 4 is 17.8 Å². The van der Waals surface area contributed by atoms with E-state index in [9.17, 15) is 9.59 Å². The smallest absolute Gasteiger partial charge is 0.410 e. The van der Waals surface area contributed by atoms with Crippen molar-refractivity contribution in [2.75, 3.05) is 18.4 Å². The van der Waals surface area contributed by atoms with Crippen LogP contribution in [-0.2, 0) is 14.9 Å². The van der Waals surface area contributed by atoms with Crippen LogP contribution in [0.1, 0.15) is 83.0 Å². The monoisotopic (exact) mass is 386 g/mol. The van der Waals surface area contributed by atoms with Gasteiger partial charge in [0.05, 0.1) is 5.41 Å². The molecule has 7 nitrogen and oxygen atoms in total. The van der Waals surface area contributed by atoms with Crippen molar-refractivity contribution in [1.82, 2.24) is 14.9 Å². The maximum Gasteiger partial charge on any atom is 0.410 e. The molecule has 1 N–H and O–H groups in total. The van der Waals surface area contributed by atoms with Crippen LogP contribution in [0.3, 0.4) is 0 Å². The van der Waals surface area contributed by atoms with Crippen LogP contribution in [0.2, 0.25) is 0 Å². The fourth-order valence-electron chi connectivity index (χ4n) is 4.69. The highest BCUT2D eigenvalue weighted by atomic mass is 16.6. The fourth-order valence-corrected chi connectivity index (χ4v) is 4.69. The van der Waals surface area contributed by atoms with E-state index in [2.05, 4.69) is 10.3 Å². The molecule has 152 valence electrons. The Bertz CT molecular complexity index is 772. The summed E-state index contributed by atoms with van der Waals surface area (Å²) in [6.07, 6.45) is 8.36. The molecule has 7 heteroatoms. The summed E-state index contributed by atoms with van der Waals surface area (Å²) in [5.74, 6) is 1.76. The summed E-state index contributed by atoms with van der Waals surface area (Å²) in [7, 11) is 0. The Morgan fingerprint density at radius 1 is 1.21 bits per heavy atom. The van der Waals surface area contributed by atoms with E-state index >= 15 is 0 Å². The van der Waals surface area contributed by atoms with Crippen LogP contribution < -0.4 is 5.32 Å². The minimum absolute atomic E-state index is 0.0911. The van der Waals surface area contributed by atoms with Gasteiger partial charge in [-0.3, -0.25) is 4.79 Å². The Hall–Kier alpha value is -2.18. The van der Waals surface area contributed by atoms with Crippen LogP contribution in [0.4, 0.5) is 10.6 Å². The molecule has 0 aromatic carbocycles. The summed E-state index contributed by atoms with van der Waals surface area (Å²) < 4.78 is 5.46. The number of likely N-dealkylation sites (tertiary alicyclic amines) is 1. The largest absolute Gasteiger partial charge is 0.444 e. The first-order valence-electron chi connectivity index (χ1n) is 10.5. The Morgan fingerprint density at radius 2 is 1.89 bits per heavy atom. The number of nitrogens with zero attached hydrogens (tertiary/aromatic N) is 3. The molecule has 3 heterocycles. The van der Waals surface area contributed by atoms with Crippen LogP contribution in [0.5, 0.6) is 0 Å².